The molecule has 1 heterocycles. The van der Waals surface area contributed by atoms with E-state index in [1.807, 2.05) is 6.92 Å². The molecule has 1 aromatic rings. The lowest BCUT2D eigenvalue weighted by atomic mass is 9.88. The average Bonchev–Trinajstić information content (AvgIpc) is 2.46. The number of benzene rings is 1. The van der Waals surface area contributed by atoms with Crippen LogP contribution in [0.4, 0.5) is 0 Å². The van der Waals surface area contributed by atoms with Crippen molar-refractivity contribution in [2.75, 3.05) is 19.6 Å². The molecule has 0 aromatic heterocycles. The number of amides is 1. The van der Waals surface area contributed by atoms with E-state index in [9.17, 15) is 4.79 Å². The molecule has 0 atom stereocenters. The summed E-state index contributed by atoms with van der Waals surface area (Å²) >= 11 is 0. The van der Waals surface area contributed by atoms with Crippen LogP contribution in [0.5, 0.6) is 0 Å². The molecule has 106 valence electrons. The first-order chi connectivity index (χ1) is 9.76. The number of likely N-dealkylation sites (tertiary alicyclic amines) is 1. The highest BCUT2D eigenvalue weighted by Crippen LogP contribution is 2.32. The van der Waals surface area contributed by atoms with Gasteiger partial charge in [0, 0.05) is 32.1 Å². The predicted octanol–water partition coefficient (Wildman–Crippen LogP) is 2.53. The highest BCUT2D eigenvalue weighted by Gasteiger charge is 2.23. The molecule has 3 nitrogen and oxygen atoms in total. The summed E-state index contributed by atoms with van der Waals surface area (Å²) in [6.07, 6.45) is 5.02. The van der Waals surface area contributed by atoms with Crippen LogP contribution >= 0.6 is 0 Å². The second-order valence-corrected chi connectivity index (χ2v) is 5.73. The summed E-state index contributed by atoms with van der Waals surface area (Å²) in [6.45, 7) is 5.11. The first kappa shape index (κ1) is 13.4. The zero-order valence-corrected chi connectivity index (χ0v) is 12.1. The Morgan fingerprint density at radius 3 is 2.75 bits per heavy atom. The van der Waals surface area contributed by atoms with Gasteiger partial charge in [-0.1, -0.05) is 31.2 Å². The summed E-state index contributed by atoms with van der Waals surface area (Å²) in [5.41, 5.74) is 4.23. The SMILES string of the molecule is CCC(=O)NC1CCN(CC2=Cc3ccccc32)CC1. The number of rotatable bonds is 4. The van der Waals surface area contributed by atoms with Crippen LogP contribution in [-0.2, 0) is 4.79 Å². The Morgan fingerprint density at radius 2 is 2.05 bits per heavy atom. The Bertz CT molecular complexity index is 528. The Labute approximate surface area is 120 Å². The maximum Gasteiger partial charge on any atom is 0.219 e. The Kier molecular flexibility index (Phi) is 3.88. The van der Waals surface area contributed by atoms with E-state index in [2.05, 4.69) is 40.6 Å². The van der Waals surface area contributed by atoms with Crippen LogP contribution < -0.4 is 5.32 Å². The summed E-state index contributed by atoms with van der Waals surface area (Å²) in [4.78, 5) is 13.9. The second-order valence-electron chi connectivity index (χ2n) is 5.73. The maximum absolute atomic E-state index is 11.4. The highest BCUT2D eigenvalue weighted by molar-refractivity contribution is 5.96. The number of carbonyl (C=O) groups excluding carboxylic acids is 1. The summed E-state index contributed by atoms with van der Waals surface area (Å²) < 4.78 is 0. The van der Waals surface area contributed by atoms with Gasteiger partial charge >= 0.3 is 0 Å². The van der Waals surface area contributed by atoms with E-state index in [0.717, 1.165) is 32.5 Å². The smallest absolute Gasteiger partial charge is 0.219 e. The Morgan fingerprint density at radius 1 is 1.30 bits per heavy atom. The van der Waals surface area contributed by atoms with Gasteiger partial charge in [-0.3, -0.25) is 9.69 Å². The minimum Gasteiger partial charge on any atom is -0.353 e. The second kappa shape index (κ2) is 5.80. The van der Waals surface area contributed by atoms with Gasteiger partial charge in [0.05, 0.1) is 0 Å². The van der Waals surface area contributed by atoms with E-state index in [1.54, 1.807) is 0 Å². The molecule has 0 unspecified atom stereocenters. The van der Waals surface area contributed by atoms with Crippen molar-refractivity contribution in [2.45, 2.75) is 32.2 Å². The normalized spacial score (nSPS) is 18.9. The number of hydrogen-bond donors (Lipinski definition) is 1. The molecule has 0 radical (unpaired) electrons. The predicted molar refractivity (Wildman–Crippen MR) is 82.2 cm³/mol. The van der Waals surface area contributed by atoms with Crippen LogP contribution in [-0.4, -0.2) is 36.5 Å². The van der Waals surface area contributed by atoms with Crippen LogP contribution in [0.3, 0.4) is 0 Å². The summed E-state index contributed by atoms with van der Waals surface area (Å²) in [5.74, 6) is 0.180. The van der Waals surface area contributed by atoms with Crippen molar-refractivity contribution in [3.63, 3.8) is 0 Å². The number of fused-ring (bicyclic) bond motifs is 1. The quantitative estimate of drug-likeness (QED) is 0.912. The molecular weight excluding hydrogens is 248 g/mol. The summed E-state index contributed by atoms with van der Waals surface area (Å²) in [6, 6.07) is 8.96. The molecule has 1 fully saturated rings. The van der Waals surface area contributed by atoms with E-state index < -0.39 is 0 Å². The minimum atomic E-state index is 0.180. The Balaban J connectivity index is 1.47. The summed E-state index contributed by atoms with van der Waals surface area (Å²) in [5, 5.41) is 3.11. The fourth-order valence-corrected chi connectivity index (χ4v) is 3.04. The molecule has 1 aliphatic heterocycles. The topological polar surface area (TPSA) is 32.3 Å². The minimum absolute atomic E-state index is 0.180. The van der Waals surface area contributed by atoms with Crippen molar-refractivity contribution >= 4 is 17.6 Å². The number of piperidine rings is 1. The van der Waals surface area contributed by atoms with Crippen LogP contribution in [0.1, 0.15) is 37.3 Å². The molecule has 1 saturated heterocycles. The zero-order valence-electron chi connectivity index (χ0n) is 12.1. The average molecular weight is 270 g/mol. The zero-order chi connectivity index (χ0) is 13.9. The fourth-order valence-electron chi connectivity index (χ4n) is 3.04. The third kappa shape index (κ3) is 2.78. The molecule has 0 bridgehead atoms. The van der Waals surface area contributed by atoms with Crippen molar-refractivity contribution in [3.8, 4) is 0 Å². The van der Waals surface area contributed by atoms with Crippen LogP contribution in [0, 0.1) is 0 Å². The molecule has 3 rings (SSSR count). The van der Waals surface area contributed by atoms with E-state index in [4.69, 9.17) is 0 Å². The monoisotopic (exact) mass is 270 g/mol. The summed E-state index contributed by atoms with van der Waals surface area (Å²) in [7, 11) is 0. The van der Waals surface area contributed by atoms with Crippen molar-refractivity contribution in [1.82, 2.24) is 10.2 Å². The van der Waals surface area contributed by atoms with Crippen LogP contribution in [0.15, 0.2) is 24.3 Å². The third-order valence-electron chi connectivity index (χ3n) is 4.30. The molecule has 1 aliphatic carbocycles. The molecule has 1 N–H and O–H groups in total. The van der Waals surface area contributed by atoms with Crippen molar-refractivity contribution in [3.05, 3.63) is 35.4 Å². The first-order valence-electron chi connectivity index (χ1n) is 7.58. The number of carbonyl (C=O) groups is 1. The van der Waals surface area contributed by atoms with Gasteiger partial charge in [0.1, 0.15) is 0 Å². The Hall–Kier alpha value is -1.61. The van der Waals surface area contributed by atoms with Gasteiger partial charge in [-0.15, -0.1) is 0 Å². The van der Waals surface area contributed by atoms with Crippen molar-refractivity contribution in [1.29, 1.82) is 0 Å². The largest absolute Gasteiger partial charge is 0.353 e. The highest BCUT2D eigenvalue weighted by atomic mass is 16.1. The van der Waals surface area contributed by atoms with E-state index >= 15 is 0 Å². The molecule has 0 saturated carbocycles. The molecule has 0 spiro atoms. The lowest BCUT2D eigenvalue weighted by Gasteiger charge is -2.34. The van der Waals surface area contributed by atoms with Crippen LogP contribution in [0.25, 0.3) is 11.6 Å². The van der Waals surface area contributed by atoms with E-state index in [1.165, 1.54) is 16.7 Å². The lowest BCUT2D eigenvalue weighted by Crippen LogP contribution is -2.45. The van der Waals surface area contributed by atoms with Gasteiger partial charge in [-0.05, 0) is 35.6 Å². The molecule has 3 heteroatoms. The molecule has 20 heavy (non-hydrogen) atoms. The first-order valence-corrected chi connectivity index (χ1v) is 7.58. The fraction of sp³-hybridized carbons (Fsp3) is 0.471. The molecule has 2 aliphatic rings. The van der Waals surface area contributed by atoms with Gasteiger partial charge in [-0.2, -0.15) is 0 Å². The number of nitrogens with one attached hydrogen (secondary N) is 1. The lowest BCUT2D eigenvalue weighted by molar-refractivity contribution is -0.121. The van der Waals surface area contributed by atoms with Crippen LogP contribution in [0.2, 0.25) is 0 Å². The standard InChI is InChI=1S/C17H22N2O/c1-2-17(20)18-15-7-9-19(10-8-15)12-14-11-13-5-3-4-6-16(13)14/h3-6,11,15H,2,7-10,12H2,1H3,(H,18,20). The number of hydrogen-bond acceptors (Lipinski definition) is 2. The molecule has 1 amide bonds. The van der Waals surface area contributed by atoms with Gasteiger partial charge in [0.15, 0.2) is 0 Å². The maximum atomic E-state index is 11.4. The van der Waals surface area contributed by atoms with E-state index in [0.29, 0.717) is 12.5 Å². The van der Waals surface area contributed by atoms with Gasteiger partial charge in [-0.25, -0.2) is 0 Å². The van der Waals surface area contributed by atoms with Crippen molar-refractivity contribution < 1.29 is 4.79 Å². The van der Waals surface area contributed by atoms with Gasteiger partial charge in [0.2, 0.25) is 5.91 Å². The van der Waals surface area contributed by atoms with Crippen molar-refractivity contribution in [2.24, 2.45) is 0 Å². The van der Waals surface area contributed by atoms with Gasteiger partial charge < -0.3 is 5.32 Å². The molecular formula is C17H22N2O. The third-order valence-corrected chi connectivity index (χ3v) is 4.30. The molecule has 1 aromatic carbocycles. The number of nitrogens with zero attached hydrogens (tertiary/aromatic N) is 1. The van der Waals surface area contributed by atoms with E-state index in [-0.39, 0.29) is 5.91 Å². The van der Waals surface area contributed by atoms with Gasteiger partial charge in [0.25, 0.3) is 0 Å².